The van der Waals surface area contributed by atoms with Gasteiger partial charge in [0, 0.05) is 6.04 Å². The van der Waals surface area contributed by atoms with E-state index >= 15 is 0 Å². The van der Waals surface area contributed by atoms with Crippen LogP contribution in [0, 0.1) is 6.92 Å². The minimum atomic E-state index is -3.74. The first-order valence-corrected chi connectivity index (χ1v) is 8.88. The molecule has 1 aromatic carbocycles. The van der Waals surface area contributed by atoms with E-state index in [-0.39, 0.29) is 16.8 Å². The van der Waals surface area contributed by atoms with Gasteiger partial charge in [-0.15, -0.1) is 0 Å². The third kappa shape index (κ3) is 4.20. The van der Waals surface area contributed by atoms with Crippen molar-refractivity contribution >= 4 is 15.9 Å². The molecule has 0 bridgehead atoms. The summed E-state index contributed by atoms with van der Waals surface area (Å²) in [5.41, 5.74) is 0.736. The van der Waals surface area contributed by atoms with Crippen molar-refractivity contribution in [2.75, 3.05) is 6.61 Å². The molecule has 6 nitrogen and oxygen atoms in total. The summed E-state index contributed by atoms with van der Waals surface area (Å²) < 4.78 is 32.5. The highest BCUT2D eigenvalue weighted by Crippen LogP contribution is 2.22. The zero-order chi connectivity index (χ0) is 16.3. The highest BCUT2D eigenvalue weighted by Gasteiger charge is 2.28. The lowest BCUT2D eigenvalue weighted by molar-refractivity contribution is -0.122. The van der Waals surface area contributed by atoms with Crippen LogP contribution in [0.3, 0.4) is 0 Å². The van der Waals surface area contributed by atoms with Crippen LogP contribution < -0.4 is 14.8 Å². The smallest absolute Gasteiger partial charge is 0.241 e. The van der Waals surface area contributed by atoms with Crippen LogP contribution in [-0.2, 0) is 14.8 Å². The molecule has 1 aliphatic carbocycles. The van der Waals surface area contributed by atoms with E-state index in [0.29, 0.717) is 12.4 Å². The average molecular weight is 326 g/mol. The van der Waals surface area contributed by atoms with Crippen molar-refractivity contribution in [1.82, 2.24) is 10.0 Å². The maximum absolute atomic E-state index is 12.3. The molecular formula is C15H22N2O4S. The Kier molecular flexibility index (Phi) is 5.08. The molecule has 0 radical (unpaired) electrons. The van der Waals surface area contributed by atoms with Gasteiger partial charge in [0.05, 0.1) is 17.5 Å². The maximum atomic E-state index is 12.3. The van der Waals surface area contributed by atoms with Gasteiger partial charge in [-0.3, -0.25) is 4.79 Å². The summed E-state index contributed by atoms with van der Waals surface area (Å²) in [5.74, 6) is 0.356. The fraction of sp³-hybridized carbons (Fsp3) is 0.533. The predicted octanol–water partition coefficient (Wildman–Crippen LogP) is 1.34. The van der Waals surface area contributed by atoms with Crippen molar-refractivity contribution in [3.8, 4) is 5.75 Å². The van der Waals surface area contributed by atoms with E-state index in [2.05, 4.69) is 10.0 Å². The lowest BCUT2D eigenvalue weighted by Gasteiger charge is -2.15. The van der Waals surface area contributed by atoms with Gasteiger partial charge in [0.1, 0.15) is 5.75 Å². The van der Waals surface area contributed by atoms with Crippen LogP contribution in [0.4, 0.5) is 0 Å². The van der Waals surface area contributed by atoms with Crippen molar-refractivity contribution in [3.63, 3.8) is 0 Å². The van der Waals surface area contributed by atoms with Gasteiger partial charge in [0.2, 0.25) is 15.9 Å². The Morgan fingerprint density at radius 3 is 2.64 bits per heavy atom. The summed E-state index contributed by atoms with van der Waals surface area (Å²) in [6, 6.07) is 4.04. The second-order valence-electron chi connectivity index (χ2n) is 5.49. The van der Waals surface area contributed by atoms with Gasteiger partial charge in [-0.1, -0.05) is 0 Å². The number of rotatable bonds is 7. The summed E-state index contributed by atoms with van der Waals surface area (Å²) in [6.07, 6.45) is 1.92. The van der Waals surface area contributed by atoms with Crippen LogP contribution in [0.2, 0.25) is 0 Å². The molecule has 0 saturated heterocycles. The van der Waals surface area contributed by atoms with E-state index in [9.17, 15) is 13.2 Å². The first kappa shape index (κ1) is 16.8. The number of nitrogens with one attached hydrogen (secondary N) is 2. The molecule has 1 aromatic rings. The Morgan fingerprint density at radius 2 is 2.09 bits per heavy atom. The molecule has 22 heavy (non-hydrogen) atoms. The Labute approximate surface area is 131 Å². The Morgan fingerprint density at radius 1 is 1.41 bits per heavy atom. The van der Waals surface area contributed by atoms with Crippen molar-refractivity contribution in [2.24, 2.45) is 0 Å². The third-order valence-corrected chi connectivity index (χ3v) is 4.94. The molecule has 0 aliphatic heterocycles. The van der Waals surface area contributed by atoms with Crippen LogP contribution in [0.15, 0.2) is 23.1 Å². The number of benzene rings is 1. The number of amides is 1. The molecule has 1 aliphatic rings. The topological polar surface area (TPSA) is 84.5 Å². The molecule has 1 amide bonds. The number of carbonyl (C=O) groups excluding carboxylic acids is 1. The summed E-state index contributed by atoms with van der Waals surface area (Å²) in [6.45, 7) is 5.71. The molecule has 0 aromatic heterocycles. The molecular weight excluding hydrogens is 304 g/mol. The minimum absolute atomic E-state index is 0.125. The Hall–Kier alpha value is -1.60. The van der Waals surface area contributed by atoms with Gasteiger partial charge < -0.3 is 10.1 Å². The normalized spacial score (nSPS) is 16.1. The zero-order valence-corrected chi connectivity index (χ0v) is 13.9. The molecule has 1 saturated carbocycles. The molecule has 0 unspecified atom stereocenters. The number of hydrogen-bond acceptors (Lipinski definition) is 4. The summed E-state index contributed by atoms with van der Waals surface area (Å²) >= 11 is 0. The minimum Gasteiger partial charge on any atom is -0.494 e. The molecule has 2 N–H and O–H groups in total. The van der Waals surface area contributed by atoms with Gasteiger partial charge in [-0.25, -0.2) is 8.42 Å². The number of sulfonamides is 1. The van der Waals surface area contributed by atoms with Crippen LogP contribution in [0.25, 0.3) is 0 Å². The van der Waals surface area contributed by atoms with Crippen LogP contribution in [0.5, 0.6) is 5.75 Å². The van der Waals surface area contributed by atoms with Gasteiger partial charge in [-0.05, 0) is 57.4 Å². The van der Waals surface area contributed by atoms with E-state index in [1.54, 1.807) is 19.1 Å². The van der Waals surface area contributed by atoms with Crippen LogP contribution in [0.1, 0.15) is 32.3 Å². The van der Waals surface area contributed by atoms with Crippen molar-refractivity contribution in [1.29, 1.82) is 0 Å². The SMILES string of the molecule is CCOc1ccc(S(=O)(=O)N[C@@H](C)C(=O)NC2CC2)cc1C. The lowest BCUT2D eigenvalue weighted by Crippen LogP contribution is -2.45. The zero-order valence-electron chi connectivity index (χ0n) is 13.0. The van der Waals surface area contributed by atoms with E-state index in [1.165, 1.54) is 13.0 Å². The van der Waals surface area contributed by atoms with Crippen LogP contribution >= 0.6 is 0 Å². The van der Waals surface area contributed by atoms with Gasteiger partial charge in [-0.2, -0.15) is 4.72 Å². The largest absolute Gasteiger partial charge is 0.494 e. The average Bonchev–Trinajstić information content (AvgIpc) is 3.24. The molecule has 7 heteroatoms. The number of carbonyl (C=O) groups is 1. The Bertz CT molecular complexity index is 654. The van der Waals surface area contributed by atoms with Gasteiger partial charge in [0.25, 0.3) is 0 Å². The number of aryl methyl sites for hydroxylation is 1. The second kappa shape index (κ2) is 6.66. The number of ether oxygens (including phenoxy) is 1. The Balaban J connectivity index is 2.08. The van der Waals surface area contributed by atoms with Crippen molar-refractivity contribution in [3.05, 3.63) is 23.8 Å². The standard InChI is InChI=1S/C15H22N2O4S/c1-4-21-14-8-7-13(9-10(14)2)22(19,20)17-11(3)15(18)16-12-5-6-12/h7-9,11-12,17H,4-6H2,1-3H3,(H,16,18)/t11-/m0/s1. The molecule has 122 valence electrons. The molecule has 1 fully saturated rings. The highest BCUT2D eigenvalue weighted by molar-refractivity contribution is 7.89. The van der Waals surface area contributed by atoms with E-state index in [4.69, 9.17) is 4.74 Å². The molecule has 0 spiro atoms. The van der Waals surface area contributed by atoms with Crippen LogP contribution in [-0.4, -0.2) is 33.0 Å². The van der Waals surface area contributed by atoms with Gasteiger partial charge >= 0.3 is 0 Å². The molecule has 2 rings (SSSR count). The van der Waals surface area contributed by atoms with Gasteiger partial charge in [0.15, 0.2) is 0 Å². The quantitative estimate of drug-likeness (QED) is 0.792. The molecule has 1 atom stereocenters. The summed E-state index contributed by atoms with van der Waals surface area (Å²) in [5, 5.41) is 2.78. The third-order valence-electron chi connectivity index (χ3n) is 3.41. The maximum Gasteiger partial charge on any atom is 0.241 e. The fourth-order valence-electron chi connectivity index (χ4n) is 2.01. The monoisotopic (exact) mass is 326 g/mol. The first-order valence-electron chi connectivity index (χ1n) is 7.39. The van der Waals surface area contributed by atoms with Crippen molar-refractivity contribution < 1.29 is 17.9 Å². The van der Waals surface area contributed by atoms with E-state index in [1.807, 2.05) is 6.92 Å². The van der Waals surface area contributed by atoms with E-state index < -0.39 is 16.1 Å². The summed E-state index contributed by atoms with van der Waals surface area (Å²) in [4.78, 5) is 12.0. The predicted molar refractivity (Wildman–Crippen MR) is 83.3 cm³/mol. The second-order valence-corrected chi connectivity index (χ2v) is 7.20. The number of hydrogen-bond donors (Lipinski definition) is 2. The molecule has 0 heterocycles. The van der Waals surface area contributed by atoms with Crippen molar-refractivity contribution in [2.45, 2.75) is 50.6 Å². The first-order chi connectivity index (χ1) is 10.3. The highest BCUT2D eigenvalue weighted by atomic mass is 32.2. The fourth-order valence-corrected chi connectivity index (χ4v) is 3.30. The lowest BCUT2D eigenvalue weighted by atomic mass is 10.2. The summed E-state index contributed by atoms with van der Waals surface area (Å²) in [7, 11) is -3.74. The van der Waals surface area contributed by atoms with E-state index in [0.717, 1.165) is 18.4 Å².